The Labute approximate surface area is 146 Å². The van der Waals surface area contributed by atoms with Gasteiger partial charge in [-0.15, -0.1) is 0 Å². The molecule has 2 fully saturated rings. The summed E-state index contributed by atoms with van der Waals surface area (Å²) < 4.78 is 0.374. The number of carbonyl (C=O) groups excluding carboxylic acids is 1. The van der Waals surface area contributed by atoms with Crippen molar-refractivity contribution in [2.24, 2.45) is 5.92 Å². The lowest BCUT2D eigenvalue weighted by Gasteiger charge is -2.40. The Balaban J connectivity index is 1.67. The van der Waals surface area contributed by atoms with Crippen molar-refractivity contribution in [1.29, 1.82) is 0 Å². The van der Waals surface area contributed by atoms with Crippen LogP contribution in [0.4, 0.5) is 0 Å². The van der Waals surface area contributed by atoms with Crippen molar-refractivity contribution < 1.29 is 4.79 Å². The standard InChI is InChI=1S/C18H35N3OS/c1-16(2)5-8-19-11-13-20(14-12-19)15-17(22)21-9-6-18(3,23-4)7-10-21/h16H,5-15H2,1-4H3. The molecule has 5 heteroatoms. The molecule has 23 heavy (non-hydrogen) atoms. The summed E-state index contributed by atoms with van der Waals surface area (Å²) in [5, 5.41) is 0. The Hall–Kier alpha value is -0.260. The molecule has 134 valence electrons. The van der Waals surface area contributed by atoms with Gasteiger partial charge in [-0.2, -0.15) is 11.8 Å². The average molecular weight is 342 g/mol. The highest BCUT2D eigenvalue weighted by Crippen LogP contribution is 2.33. The van der Waals surface area contributed by atoms with Crippen LogP contribution in [-0.2, 0) is 4.79 Å². The third-order valence-corrected chi connectivity index (χ3v) is 6.91. The third-order valence-electron chi connectivity index (χ3n) is 5.51. The van der Waals surface area contributed by atoms with Gasteiger partial charge in [0.1, 0.15) is 0 Å². The lowest BCUT2D eigenvalue weighted by atomic mass is 9.98. The largest absolute Gasteiger partial charge is 0.341 e. The molecule has 0 aromatic heterocycles. The first-order chi connectivity index (χ1) is 10.9. The zero-order valence-corrected chi connectivity index (χ0v) is 16.3. The van der Waals surface area contributed by atoms with E-state index in [1.165, 1.54) is 13.0 Å². The molecule has 0 bridgehead atoms. The van der Waals surface area contributed by atoms with Crippen molar-refractivity contribution in [1.82, 2.24) is 14.7 Å². The third kappa shape index (κ3) is 5.95. The fourth-order valence-corrected chi connectivity index (χ4v) is 3.93. The van der Waals surface area contributed by atoms with E-state index in [2.05, 4.69) is 41.7 Å². The van der Waals surface area contributed by atoms with E-state index in [0.29, 0.717) is 17.2 Å². The van der Waals surface area contributed by atoms with Gasteiger partial charge in [-0.05, 0) is 38.0 Å². The molecule has 0 saturated carbocycles. The summed E-state index contributed by atoms with van der Waals surface area (Å²) in [6, 6.07) is 0. The zero-order chi connectivity index (χ0) is 16.9. The molecule has 0 atom stereocenters. The van der Waals surface area contributed by atoms with Crippen molar-refractivity contribution in [3.63, 3.8) is 0 Å². The number of carbonyl (C=O) groups is 1. The van der Waals surface area contributed by atoms with Crippen molar-refractivity contribution in [3.05, 3.63) is 0 Å². The molecule has 0 aromatic carbocycles. The number of rotatable bonds is 6. The lowest BCUT2D eigenvalue weighted by molar-refractivity contribution is -0.134. The zero-order valence-electron chi connectivity index (χ0n) is 15.5. The maximum absolute atomic E-state index is 12.5. The maximum atomic E-state index is 12.5. The molecule has 4 nitrogen and oxygen atoms in total. The second-order valence-electron chi connectivity index (χ2n) is 7.84. The van der Waals surface area contributed by atoms with Gasteiger partial charge >= 0.3 is 0 Å². The molecule has 2 rings (SSSR count). The van der Waals surface area contributed by atoms with Gasteiger partial charge in [0.15, 0.2) is 0 Å². The molecule has 0 N–H and O–H groups in total. The Bertz CT molecular complexity index is 372. The Morgan fingerprint density at radius 1 is 1.04 bits per heavy atom. The van der Waals surface area contributed by atoms with E-state index in [4.69, 9.17) is 0 Å². The number of piperidine rings is 1. The molecule has 0 aliphatic carbocycles. The quantitative estimate of drug-likeness (QED) is 0.741. The predicted octanol–water partition coefficient (Wildman–Crippen LogP) is 2.39. The minimum absolute atomic E-state index is 0.337. The van der Waals surface area contributed by atoms with Crippen LogP contribution in [0.2, 0.25) is 0 Å². The second-order valence-corrected chi connectivity index (χ2v) is 9.23. The van der Waals surface area contributed by atoms with Crippen molar-refractivity contribution in [2.45, 2.75) is 44.8 Å². The van der Waals surface area contributed by atoms with Crippen LogP contribution < -0.4 is 0 Å². The van der Waals surface area contributed by atoms with Gasteiger partial charge in [-0.1, -0.05) is 20.8 Å². The van der Waals surface area contributed by atoms with E-state index < -0.39 is 0 Å². The first-order valence-electron chi connectivity index (χ1n) is 9.19. The number of thioether (sulfide) groups is 1. The van der Waals surface area contributed by atoms with Crippen LogP contribution in [0.3, 0.4) is 0 Å². The molecule has 0 aromatic rings. The average Bonchev–Trinajstić information content (AvgIpc) is 2.54. The normalized spacial score (nSPS) is 23.4. The van der Waals surface area contributed by atoms with Gasteiger partial charge in [-0.25, -0.2) is 0 Å². The van der Waals surface area contributed by atoms with Gasteiger partial charge in [0, 0.05) is 44.0 Å². The van der Waals surface area contributed by atoms with Gasteiger partial charge in [-0.3, -0.25) is 9.69 Å². The highest BCUT2D eigenvalue weighted by molar-refractivity contribution is 7.99. The molecular formula is C18H35N3OS. The Kier molecular flexibility index (Phi) is 7.23. The van der Waals surface area contributed by atoms with Crippen LogP contribution in [0.1, 0.15) is 40.0 Å². The van der Waals surface area contributed by atoms with Crippen LogP contribution in [0, 0.1) is 5.92 Å². The van der Waals surface area contributed by atoms with Crippen LogP contribution >= 0.6 is 11.8 Å². The number of piperazine rings is 1. The molecule has 2 aliphatic heterocycles. The summed E-state index contributed by atoms with van der Waals surface area (Å²) in [6.45, 7) is 14.9. The molecule has 1 amide bonds. The topological polar surface area (TPSA) is 26.8 Å². The monoisotopic (exact) mass is 341 g/mol. The molecule has 0 unspecified atom stereocenters. The van der Waals surface area contributed by atoms with Crippen LogP contribution in [-0.4, -0.2) is 84.0 Å². The summed E-state index contributed by atoms with van der Waals surface area (Å²) >= 11 is 1.95. The molecule has 2 aliphatic rings. The summed E-state index contributed by atoms with van der Waals surface area (Å²) in [7, 11) is 0. The fraction of sp³-hybridized carbons (Fsp3) is 0.944. The van der Waals surface area contributed by atoms with Crippen molar-refractivity contribution in [3.8, 4) is 0 Å². The summed E-state index contributed by atoms with van der Waals surface area (Å²) in [5.41, 5.74) is 0. The number of amides is 1. The molecule has 2 heterocycles. The van der Waals surface area contributed by atoms with E-state index in [0.717, 1.165) is 58.0 Å². The van der Waals surface area contributed by atoms with Crippen molar-refractivity contribution in [2.75, 3.05) is 58.6 Å². The number of nitrogens with zero attached hydrogens (tertiary/aromatic N) is 3. The van der Waals surface area contributed by atoms with Crippen LogP contribution in [0.15, 0.2) is 0 Å². The van der Waals surface area contributed by atoms with Gasteiger partial charge in [0.25, 0.3) is 0 Å². The maximum Gasteiger partial charge on any atom is 0.236 e. The van der Waals surface area contributed by atoms with E-state index in [1.54, 1.807) is 0 Å². The fourth-order valence-electron chi connectivity index (χ4n) is 3.34. The molecule has 2 saturated heterocycles. The van der Waals surface area contributed by atoms with Crippen LogP contribution in [0.5, 0.6) is 0 Å². The Morgan fingerprint density at radius 2 is 1.61 bits per heavy atom. The first-order valence-corrected chi connectivity index (χ1v) is 10.4. The van der Waals surface area contributed by atoms with Gasteiger partial charge in [0.2, 0.25) is 5.91 Å². The summed E-state index contributed by atoms with van der Waals surface area (Å²) in [4.78, 5) is 19.5. The van der Waals surface area contributed by atoms with E-state index >= 15 is 0 Å². The SMILES string of the molecule is CSC1(C)CCN(C(=O)CN2CCN(CCC(C)C)CC2)CC1. The minimum atomic E-state index is 0.337. The highest BCUT2D eigenvalue weighted by atomic mass is 32.2. The predicted molar refractivity (Wildman–Crippen MR) is 100 cm³/mol. The van der Waals surface area contributed by atoms with Crippen LogP contribution in [0.25, 0.3) is 0 Å². The minimum Gasteiger partial charge on any atom is -0.341 e. The van der Waals surface area contributed by atoms with E-state index in [1.807, 2.05) is 11.8 Å². The summed E-state index contributed by atoms with van der Waals surface area (Å²) in [5.74, 6) is 1.12. The van der Waals surface area contributed by atoms with E-state index in [-0.39, 0.29) is 0 Å². The highest BCUT2D eigenvalue weighted by Gasteiger charge is 2.31. The summed E-state index contributed by atoms with van der Waals surface area (Å²) in [6.07, 6.45) is 5.73. The smallest absolute Gasteiger partial charge is 0.236 e. The molecule has 0 spiro atoms. The lowest BCUT2D eigenvalue weighted by Crippen LogP contribution is -2.52. The molecule has 0 radical (unpaired) electrons. The number of hydrogen-bond donors (Lipinski definition) is 0. The number of hydrogen-bond acceptors (Lipinski definition) is 4. The van der Waals surface area contributed by atoms with Crippen molar-refractivity contribution >= 4 is 17.7 Å². The van der Waals surface area contributed by atoms with Gasteiger partial charge < -0.3 is 9.80 Å². The first kappa shape index (κ1) is 19.1. The number of likely N-dealkylation sites (tertiary alicyclic amines) is 1. The molecular weight excluding hydrogens is 306 g/mol. The second kappa shape index (κ2) is 8.72. The van der Waals surface area contributed by atoms with Gasteiger partial charge in [0.05, 0.1) is 6.54 Å². The van der Waals surface area contributed by atoms with E-state index in [9.17, 15) is 4.79 Å². The Morgan fingerprint density at radius 3 is 2.13 bits per heavy atom.